The Kier molecular flexibility index (Phi) is 5.07. The Balaban J connectivity index is 2.43. The molecule has 0 aromatic heterocycles. The highest BCUT2D eigenvalue weighted by molar-refractivity contribution is 4.84. The fourth-order valence-corrected chi connectivity index (χ4v) is 2.66. The minimum absolute atomic E-state index is 0.695. The lowest BCUT2D eigenvalue weighted by molar-refractivity contribution is 0.157. The summed E-state index contributed by atoms with van der Waals surface area (Å²) in [6.45, 7) is 11.8. The molecule has 90 valence electrons. The van der Waals surface area contributed by atoms with Crippen molar-refractivity contribution in [3.8, 4) is 0 Å². The van der Waals surface area contributed by atoms with Crippen LogP contribution in [0.25, 0.3) is 0 Å². The van der Waals surface area contributed by atoms with E-state index in [0.29, 0.717) is 6.04 Å². The Bertz CT molecular complexity index is 179. The molecule has 3 atom stereocenters. The van der Waals surface area contributed by atoms with Gasteiger partial charge in [0.15, 0.2) is 0 Å². The fraction of sp³-hybridized carbons (Fsp3) is 1.00. The summed E-state index contributed by atoms with van der Waals surface area (Å²) < 4.78 is 0. The Morgan fingerprint density at radius 1 is 1.40 bits per heavy atom. The molecule has 0 aliphatic carbocycles. The van der Waals surface area contributed by atoms with Crippen molar-refractivity contribution in [2.75, 3.05) is 20.1 Å². The molecule has 2 heteroatoms. The van der Waals surface area contributed by atoms with E-state index in [1.165, 1.54) is 25.9 Å². The number of hydrogen-bond donors (Lipinski definition) is 1. The smallest absolute Gasteiger partial charge is 0.0120 e. The molecule has 3 unspecified atom stereocenters. The standard InChI is InChI=1S/C13H28N2/c1-6-12(10(2)3)14-13-7-8-15(5)9-11(13)4/h10-14H,6-9H2,1-5H3. The summed E-state index contributed by atoms with van der Waals surface area (Å²) in [7, 11) is 2.23. The summed E-state index contributed by atoms with van der Waals surface area (Å²) in [6.07, 6.45) is 2.55. The van der Waals surface area contributed by atoms with Crippen molar-refractivity contribution in [1.29, 1.82) is 0 Å². The minimum Gasteiger partial charge on any atom is -0.311 e. The van der Waals surface area contributed by atoms with Crippen molar-refractivity contribution < 1.29 is 0 Å². The highest BCUT2D eigenvalue weighted by Crippen LogP contribution is 2.18. The van der Waals surface area contributed by atoms with Crippen LogP contribution in [0.4, 0.5) is 0 Å². The SMILES string of the molecule is CCC(NC1CCN(C)CC1C)C(C)C. The second-order valence-electron chi connectivity index (χ2n) is 5.56. The molecular formula is C13H28N2. The molecule has 1 rings (SSSR count). The molecule has 1 aliphatic rings. The van der Waals surface area contributed by atoms with Gasteiger partial charge in [-0.3, -0.25) is 0 Å². The van der Waals surface area contributed by atoms with Gasteiger partial charge in [-0.1, -0.05) is 27.7 Å². The summed E-state index contributed by atoms with van der Waals surface area (Å²) in [6, 6.07) is 1.43. The second-order valence-corrected chi connectivity index (χ2v) is 5.56. The lowest BCUT2D eigenvalue weighted by Gasteiger charge is -2.38. The van der Waals surface area contributed by atoms with Crippen LogP contribution in [0, 0.1) is 11.8 Å². The Hall–Kier alpha value is -0.0800. The van der Waals surface area contributed by atoms with Gasteiger partial charge >= 0.3 is 0 Å². The van der Waals surface area contributed by atoms with E-state index in [1.54, 1.807) is 0 Å². The lowest BCUT2D eigenvalue weighted by Crippen LogP contribution is -2.51. The van der Waals surface area contributed by atoms with Gasteiger partial charge in [0.2, 0.25) is 0 Å². The molecule has 2 nitrogen and oxygen atoms in total. The van der Waals surface area contributed by atoms with E-state index in [1.807, 2.05) is 0 Å². The van der Waals surface area contributed by atoms with Crippen molar-refractivity contribution in [3.63, 3.8) is 0 Å². The van der Waals surface area contributed by atoms with E-state index in [9.17, 15) is 0 Å². The normalized spacial score (nSPS) is 30.8. The van der Waals surface area contributed by atoms with Gasteiger partial charge in [-0.25, -0.2) is 0 Å². The maximum atomic E-state index is 3.85. The van der Waals surface area contributed by atoms with E-state index < -0.39 is 0 Å². The lowest BCUT2D eigenvalue weighted by atomic mass is 9.91. The van der Waals surface area contributed by atoms with Crippen LogP contribution in [0.5, 0.6) is 0 Å². The molecule has 0 bridgehead atoms. The average molecular weight is 212 g/mol. The molecule has 1 N–H and O–H groups in total. The Labute approximate surface area is 95.4 Å². The molecule has 1 aliphatic heterocycles. The predicted octanol–water partition coefficient (Wildman–Crippen LogP) is 2.35. The molecule has 0 saturated carbocycles. The van der Waals surface area contributed by atoms with Gasteiger partial charge in [-0.15, -0.1) is 0 Å². The van der Waals surface area contributed by atoms with Crippen molar-refractivity contribution in [1.82, 2.24) is 10.2 Å². The van der Waals surface area contributed by atoms with Crippen LogP contribution in [-0.4, -0.2) is 37.1 Å². The minimum atomic E-state index is 0.695. The first-order valence-electron chi connectivity index (χ1n) is 6.49. The molecule has 0 aromatic rings. The molecule has 1 heterocycles. The molecule has 1 fully saturated rings. The van der Waals surface area contributed by atoms with Crippen LogP contribution in [0.1, 0.15) is 40.5 Å². The molecular weight excluding hydrogens is 184 g/mol. The zero-order chi connectivity index (χ0) is 11.4. The molecule has 0 spiro atoms. The zero-order valence-electron chi connectivity index (χ0n) is 11.1. The Morgan fingerprint density at radius 3 is 2.53 bits per heavy atom. The topological polar surface area (TPSA) is 15.3 Å². The maximum Gasteiger partial charge on any atom is 0.0120 e. The van der Waals surface area contributed by atoms with E-state index in [0.717, 1.165) is 17.9 Å². The highest BCUT2D eigenvalue weighted by atomic mass is 15.1. The zero-order valence-corrected chi connectivity index (χ0v) is 11.1. The van der Waals surface area contributed by atoms with Gasteiger partial charge in [0.1, 0.15) is 0 Å². The number of rotatable bonds is 4. The fourth-order valence-electron chi connectivity index (χ4n) is 2.66. The molecule has 0 aromatic carbocycles. The number of hydrogen-bond acceptors (Lipinski definition) is 2. The maximum absolute atomic E-state index is 3.85. The monoisotopic (exact) mass is 212 g/mol. The van der Waals surface area contributed by atoms with Crippen LogP contribution >= 0.6 is 0 Å². The summed E-state index contributed by atoms with van der Waals surface area (Å²) in [5, 5.41) is 3.85. The highest BCUT2D eigenvalue weighted by Gasteiger charge is 2.26. The molecule has 0 amide bonds. The quantitative estimate of drug-likeness (QED) is 0.769. The van der Waals surface area contributed by atoms with E-state index in [2.05, 4.69) is 45.0 Å². The number of nitrogens with zero attached hydrogens (tertiary/aromatic N) is 1. The third-order valence-corrected chi connectivity index (χ3v) is 3.78. The van der Waals surface area contributed by atoms with Crippen molar-refractivity contribution in [2.45, 2.75) is 52.6 Å². The number of nitrogens with one attached hydrogen (secondary N) is 1. The summed E-state index contributed by atoms with van der Waals surface area (Å²) in [4.78, 5) is 2.44. The van der Waals surface area contributed by atoms with Crippen LogP contribution in [0.3, 0.4) is 0 Å². The van der Waals surface area contributed by atoms with Gasteiger partial charge in [-0.05, 0) is 38.3 Å². The van der Waals surface area contributed by atoms with Crippen LogP contribution < -0.4 is 5.32 Å². The average Bonchev–Trinajstić information content (AvgIpc) is 2.16. The molecule has 1 saturated heterocycles. The first-order valence-corrected chi connectivity index (χ1v) is 6.49. The molecule has 0 radical (unpaired) electrons. The summed E-state index contributed by atoms with van der Waals surface area (Å²) in [5.41, 5.74) is 0. The van der Waals surface area contributed by atoms with Gasteiger partial charge in [0.05, 0.1) is 0 Å². The summed E-state index contributed by atoms with van der Waals surface area (Å²) >= 11 is 0. The van der Waals surface area contributed by atoms with Gasteiger partial charge in [0.25, 0.3) is 0 Å². The number of piperidine rings is 1. The van der Waals surface area contributed by atoms with Crippen LogP contribution in [0.15, 0.2) is 0 Å². The van der Waals surface area contributed by atoms with Crippen LogP contribution in [0.2, 0.25) is 0 Å². The van der Waals surface area contributed by atoms with Crippen LogP contribution in [-0.2, 0) is 0 Å². The van der Waals surface area contributed by atoms with Crippen molar-refractivity contribution in [3.05, 3.63) is 0 Å². The van der Waals surface area contributed by atoms with Crippen molar-refractivity contribution in [2.24, 2.45) is 11.8 Å². The predicted molar refractivity (Wildman–Crippen MR) is 67.1 cm³/mol. The second kappa shape index (κ2) is 5.86. The van der Waals surface area contributed by atoms with Gasteiger partial charge in [-0.2, -0.15) is 0 Å². The molecule has 15 heavy (non-hydrogen) atoms. The van der Waals surface area contributed by atoms with E-state index in [-0.39, 0.29) is 0 Å². The third-order valence-electron chi connectivity index (χ3n) is 3.78. The largest absolute Gasteiger partial charge is 0.311 e. The first kappa shape index (κ1) is 13.0. The first-order chi connectivity index (χ1) is 7.04. The third kappa shape index (κ3) is 3.76. The van der Waals surface area contributed by atoms with E-state index >= 15 is 0 Å². The van der Waals surface area contributed by atoms with Gasteiger partial charge in [0, 0.05) is 18.6 Å². The van der Waals surface area contributed by atoms with E-state index in [4.69, 9.17) is 0 Å². The van der Waals surface area contributed by atoms with Gasteiger partial charge < -0.3 is 10.2 Å². The Morgan fingerprint density at radius 2 is 2.07 bits per heavy atom. The van der Waals surface area contributed by atoms with Crippen molar-refractivity contribution >= 4 is 0 Å². The summed E-state index contributed by atoms with van der Waals surface area (Å²) in [5.74, 6) is 1.54. The number of likely N-dealkylation sites (tertiary alicyclic amines) is 1.